The van der Waals surface area contributed by atoms with E-state index in [9.17, 15) is 25.2 Å². The van der Waals surface area contributed by atoms with Gasteiger partial charge in [-0.1, -0.05) is 18.2 Å². The monoisotopic (exact) mass is 363 g/mol. The molecule has 0 aliphatic carbocycles. The molecule has 5 atom stereocenters. The van der Waals surface area contributed by atoms with Crippen LogP contribution in [0.4, 0.5) is 0 Å². The van der Waals surface area contributed by atoms with Crippen molar-refractivity contribution in [2.45, 2.75) is 37.6 Å². The van der Waals surface area contributed by atoms with E-state index in [1.807, 2.05) is 30.3 Å². The summed E-state index contributed by atoms with van der Waals surface area (Å²) >= 11 is 0. The van der Waals surface area contributed by atoms with Crippen LogP contribution in [0.3, 0.4) is 0 Å². The van der Waals surface area contributed by atoms with E-state index >= 15 is 0 Å². The molecule has 1 fully saturated rings. The number of rotatable bonds is 4. The topological polar surface area (TPSA) is 121 Å². The molecule has 0 amide bonds. The maximum Gasteiger partial charge on any atom is 0.229 e. The first-order valence-electron chi connectivity index (χ1n) is 8.19. The van der Waals surface area contributed by atoms with E-state index < -0.39 is 42.7 Å². The van der Waals surface area contributed by atoms with Crippen LogP contribution in [0.25, 0.3) is 5.69 Å². The Kier molecular flexibility index (Phi) is 5.40. The van der Waals surface area contributed by atoms with Gasteiger partial charge in [-0.05, 0) is 19.1 Å². The third kappa shape index (κ3) is 3.37. The Bertz CT molecular complexity index is 805. The van der Waals surface area contributed by atoms with Gasteiger partial charge in [-0.25, -0.2) is 0 Å². The lowest BCUT2D eigenvalue weighted by atomic mass is 9.99. The molecule has 4 N–H and O–H groups in total. The van der Waals surface area contributed by atoms with E-state index in [2.05, 4.69) is 0 Å². The average Bonchev–Trinajstić information content (AvgIpc) is 2.65. The van der Waals surface area contributed by atoms with Gasteiger partial charge in [0.25, 0.3) is 0 Å². The number of hydrogen-bond acceptors (Lipinski definition) is 7. The van der Waals surface area contributed by atoms with Crippen molar-refractivity contribution < 1.29 is 29.9 Å². The van der Waals surface area contributed by atoms with Crippen LogP contribution < -0.4 is 10.2 Å². The highest BCUT2D eigenvalue weighted by Gasteiger charge is 2.45. The molecule has 0 spiro atoms. The molecule has 0 radical (unpaired) electrons. The van der Waals surface area contributed by atoms with Gasteiger partial charge in [-0.2, -0.15) is 0 Å². The van der Waals surface area contributed by atoms with Gasteiger partial charge in [0.15, 0.2) is 5.75 Å². The normalized spacial score (nSPS) is 28.7. The number of aromatic nitrogens is 1. The predicted octanol–water partition coefficient (Wildman–Crippen LogP) is -0.675. The summed E-state index contributed by atoms with van der Waals surface area (Å²) in [6, 6.07) is 10.6. The van der Waals surface area contributed by atoms with Gasteiger partial charge in [0.1, 0.15) is 24.4 Å². The number of aliphatic hydroxyl groups is 4. The molecule has 1 aliphatic heterocycles. The second-order valence-corrected chi connectivity index (χ2v) is 6.12. The van der Waals surface area contributed by atoms with Gasteiger partial charge in [0.2, 0.25) is 11.7 Å². The van der Waals surface area contributed by atoms with E-state index in [-0.39, 0.29) is 5.75 Å². The lowest BCUT2D eigenvalue weighted by Gasteiger charge is -2.39. The van der Waals surface area contributed by atoms with Gasteiger partial charge in [0, 0.05) is 18.0 Å². The molecular weight excluding hydrogens is 342 g/mol. The van der Waals surface area contributed by atoms with Crippen LogP contribution in [0.5, 0.6) is 5.75 Å². The summed E-state index contributed by atoms with van der Waals surface area (Å²) in [6.45, 7) is 1.10. The SMILES string of the molecule is Cc1c(O[C@@H]2O[C@H](CO)[C@@H](O)[C@H](O)[C@H]2O)c(=O)ccn1-c1ccccc1. The number of benzene rings is 1. The molecular formula is C18H21NO7. The second kappa shape index (κ2) is 7.56. The molecule has 0 bridgehead atoms. The maximum atomic E-state index is 12.3. The van der Waals surface area contributed by atoms with Crippen molar-refractivity contribution in [2.24, 2.45) is 0 Å². The number of hydrogen-bond donors (Lipinski definition) is 4. The average molecular weight is 363 g/mol. The van der Waals surface area contributed by atoms with Crippen molar-refractivity contribution in [2.75, 3.05) is 6.61 Å². The maximum absolute atomic E-state index is 12.3. The van der Waals surface area contributed by atoms with Gasteiger partial charge in [-0.3, -0.25) is 4.79 Å². The van der Waals surface area contributed by atoms with E-state index in [1.54, 1.807) is 17.7 Å². The fraction of sp³-hybridized carbons (Fsp3) is 0.389. The molecule has 0 saturated carbocycles. The number of para-hydroxylation sites is 1. The zero-order chi connectivity index (χ0) is 18.8. The number of nitrogens with zero attached hydrogens (tertiary/aromatic N) is 1. The quantitative estimate of drug-likeness (QED) is 0.568. The van der Waals surface area contributed by atoms with E-state index in [0.717, 1.165) is 5.69 Å². The zero-order valence-electron chi connectivity index (χ0n) is 14.1. The number of aliphatic hydroxyl groups excluding tert-OH is 4. The highest BCUT2D eigenvalue weighted by molar-refractivity contribution is 5.39. The highest BCUT2D eigenvalue weighted by atomic mass is 16.7. The van der Waals surface area contributed by atoms with Crippen molar-refractivity contribution in [3.8, 4) is 11.4 Å². The predicted molar refractivity (Wildman–Crippen MR) is 91.2 cm³/mol. The van der Waals surface area contributed by atoms with Crippen molar-refractivity contribution in [3.63, 3.8) is 0 Å². The zero-order valence-corrected chi connectivity index (χ0v) is 14.1. The van der Waals surface area contributed by atoms with Crippen LogP contribution in [-0.4, -0.2) is 62.3 Å². The lowest BCUT2D eigenvalue weighted by molar-refractivity contribution is -0.277. The molecule has 0 unspecified atom stereocenters. The molecule has 2 heterocycles. The lowest BCUT2D eigenvalue weighted by Crippen LogP contribution is -2.60. The van der Waals surface area contributed by atoms with Crippen LogP contribution in [0.15, 0.2) is 47.4 Å². The van der Waals surface area contributed by atoms with Crippen molar-refractivity contribution in [1.82, 2.24) is 4.57 Å². The minimum atomic E-state index is -1.59. The fourth-order valence-electron chi connectivity index (χ4n) is 2.91. The van der Waals surface area contributed by atoms with Gasteiger partial charge < -0.3 is 34.5 Å². The number of pyridine rings is 1. The summed E-state index contributed by atoms with van der Waals surface area (Å²) in [5.41, 5.74) is 0.857. The van der Waals surface area contributed by atoms with Gasteiger partial charge >= 0.3 is 0 Å². The molecule has 2 aromatic rings. The molecule has 26 heavy (non-hydrogen) atoms. The van der Waals surface area contributed by atoms with Crippen LogP contribution in [0.1, 0.15) is 5.69 Å². The van der Waals surface area contributed by atoms with Crippen molar-refractivity contribution in [3.05, 3.63) is 58.5 Å². The highest BCUT2D eigenvalue weighted by Crippen LogP contribution is 2.25. The van der Waals surface area contributed by atoms with Crippen LogP contribution >= 0.6 is 0 Å². The Morgan fingerprint density at radius 3 is 2.42 bits per heavy atom. The fourth-order valence-corrected chi connectivity index (χ4v) is 2.91. The molecule has 140 valence electrons. The van der Waals surface area contributed by atoms with Gasteiger partial charge in [0.05, 0.1) is 12.3 Å². The molecule has 8 nitrogen and oxygen atoms in total. The molecule has 1 aliphatic rings. The third-order valence-corrected chi connectivity index (χ3v) is 4.41. The van der Waals surface area contributed by atoms with E-state index in [1.165, 1.54) is 6.07 Å². The van der Waals surface area contributed by atoms with E-state index in [4.69, 9.17) is 9.47 Å². The van der Waals surface area contributed by atoms with E-state index in [0.29, 0.717) is 5.69 Å². The standard InChI is InChI=1S/C18H21NO7/c1-10-17(12(21)7-8-19(10)11-5-3-2-4-6-11)26-18-16(24)15(23)14(22)13(9-20)25-18/h2-8,13-16,18,20,22-24H,9H2,1H3/t13-,14-,15+,16-,18+/m1/s1. The molecule has 3 rings (SSSR count). The Hall–Kier alpha value is -2.23. The second-order valence-electron chi connectivity index (χ2n) is 6.12. The first-order chi connectivity index (χ1) is 12.4. The Balaban J connectivity index is 1.93. The molecule has 1 aromatic heterocycles. The minimum Gasteiger partial charge on any atom is -0.456 e. The largest absolute Gasteiger partial charge is 0.456 e. The molecule has 1 saturated heterocycles. The molecule has 1 aromatic carbocycles. The summed E-state index contributed by atoms with van der Waals surface area (Å²) in [7, 11) is 0. The third-order valence-electron chi connectivity index (χ3n) is 4.41. The summed E-state index contributed by atoms with van der Waals surface area (Å²) in [6.07, 6.45) is -5.58. The summed E-state index contributed by atoms with van der Waals surface area (Å²) in [5, 5.41) is 39.0. The van der Waals surface area contributed by atoms with Crippen molar-refractivity contribution >= 4 is 0 Å². The van der Waals surface area contributed by atoms with Crippen LogP contribution in [0, 0.1) is 6.92 Å². The Morgan fingerprint density at radius 2 is 1.77 bits per heavy atom. The molecule has 8 heteroatoms. The summed E-state index contributed by atoms with van der Waals surface area (Å²) in [4.78, 5) is 12.3. The van der Waals surface area contributed by atoms with Gasteiger partial charge in [-0.15, -0.1) is 0 Å². The first kappa shape index (κ1) is 18.6. The Morgan fingerprint density at radius 1 is 1.08 bits per heavy atom. The Labute approximate surface area is 149 Å². The van der Waals surface area contributed by atoms with Crippen LogP contribution in [0.2, 0.25) is 0 Å². The van der Waals surface area contributed by atoms with Crippen molar-refractivity contribution in [1.29, 1.82) is 0 Å². The summed E-state index contributed by atoms with van der Waals surface area (Å²) < 4.78 is 12.6. The first-order valence-corrected chi connectivity index (χ1v) is 8.19. The number of ether oxygens (including phenoxy) is 2. The summed E-state index contributed by atoms with van der Waals surface area (Å²) in [5.74, 6) is -0.0549. The minimum absolute atomic E-state index is 0.0549. The van der Waals surface area contributed by atoms with Crippen LogP contribution in [-0.2, 0) is 4.74 Å². The smallest absolute Gasteiger partial charge is 0.229 e.